The van der Waals surface area contributed by atoms with Crippen LogP contribution < -0.4 is 15.5 Å². The Labute approximate surface area is 167 Å². The van der Waals surface area contributed by atoms with Crippen LogP contribution in [0.5, 0.6) is 0 Å². The lowest BCUT2D eigenvalue weighted by Crippen LogP contribution is -2.43. The number of hydrogen-bond acceptors (Lipinski definition) is 5. The number of imidazole rings is 1. The van der Waals surface area contributed by atoms with Crippen molar-refractivity contribution in [1.29, 1.82) is 0 Å². The molecule has 0 radical (unpaired) electrons. The molecule has 1 aliphatic heterocycles. The van der Waals surface area contributed by atoms with Crippen LogP contribution in [0.4, 0.5) is 11.4 Å². The molecule has 1 fully saturated rings. The first kappa shape index (κ1) is 17.7. The summed E-state index contributed by atoms with van der Waals surface area (Å²) < 4.78 is 1.66. The van der Waals surface area contributed by atoms with Crippen LogP contribution in [0.1, 0.15) is 21.7 Å². The van der Waals surface area contributed by atoms with E-state index < -0.39 is 0 Å². The van der Waals surface area contributed by atoms with Gasteiger partial charge in [0.15, 0.2) is 5.65 Å². The highest BCUT2D eigenvalue weighted by atomic mass is 16.1. The Morgan fingerprint density at radius 3 is 2.83 bits per heavy atom. The zero-order valence-electron chi connectivity index (χ0n) is 16.5. The molecule has 8 nitrogen and oxygen atoms in total. The standard InChI is InChI=1S/C21H23N7O/c1-13-11-17(26-28-12-14(2)24-20(13)28)21(29)25-16-3-4-18(15-5-6-23-19(15)16)27-9-7-22-8-10-27/h3-6,11-12,22-23H,7-10H2,1-2H3,(H,25,29). The predicted molar refractivity (Wildman–Crippen MR) is 114 cm³/mol. The Balaban J connectivity index is 1.47. The molecule has 0 atom stereocenters. The molecular formula is C21H23N7O. The van der Waals surface area contributed by atoms with Crippen LogP contribution in [0, 0.1) is 13.8 Å². The minimum atomic E-state index is -0.243. The Hall–Kier alpha value is -3.39. The van der Waals surface area contributed by atoms with Gasteiger partial charge in [-0.2, -0.15) is 5.10 Å². The molecule has 0 unspecified atom stereocenters. The third kappa shape index (κ3) is 3.11. The number of H-pyrrole nitrogens is 1. The van der Waals surface area contributed by atoms with E-state index >= 15 is 0 Å². The van der Waals surface area contributed by atoms with Crippen molar-refractivity contribution in [3.63, 3.8) is 0 Å². The quantitative estimate of drug-likeness (QED) is 0.501. The molecule has 0 spiro atoms. The van der Waals surface area contributed by atoms with Crippen LogP contribution in [0.25, 0.3) is 16.6 Å². The van der Waals surface area contributed by atoms with E-state index in [2.05, 4.69) is 42.7 Å². The topological polar surface area (TPSA) is 90.4 Å². The summed E-state index contributed by atoms with van der Waals surface area (Å²) in [5.74, 6) is -0.243. The Morgan fingerprint density at radius 1 is 1.17 bits per heavy atom. The Bertz CT molecular complexity index is 1220. The van der Waals surface area contributed by atoms with Crippen LogP contribution in [-0.4, -0.2) is 51.7 Å². The summed E-state index contributed by atoms with van der Waals surface area (Å²) in [7, 11) is 0. The number of aryl methyl sites for hydroxylation is 2. The number of nitrogens with zero attached hydrogens (tertiary/aromatic N) is 4. The molecule has 1 amide bonds. The maximum Gasteiger partial charge on any atom is 0.276 e. The van der Waals surface area contributed by atoms with Crippen molar-refractivity contribution in [3.05, 3.63) is 53.6 Å². The van der Waals surface area contributed by atoms with Crippen LogP contribution in [0.2, 0.25) is 0 Å². The molecule has 1 saturated heterocycles. The molecule has 5 rings (SSSR count). The molecule has 1 aromatic carbocycles. The van der Waals surface area contributed by atoms with E-state index in [1.165, 1.54) is 5.69 Å². The highest BCUT2D eigenvalue weighted by molar-refractivity contribution is 6.09. The largest absolute Gasteiger partial charge is 0.368 e. The molecule has 29 heavy (non-hydrogen) atoms. The van der Waals surface area contributed by atoms with Crippen molar-refractivity contribution in [2.75, 3.05) is 36.4 Å². The van der Waals surface area contributed by atoms with Gasteiger partial charge in [0.2, 0.25) is 0 Å². The van der Waals surface area contributed by atoms with Gasteiger partial charge in [-0.1, -0.05) is 0 Å². The molecule has 4 heterocycles. The summed E-state index contributed by atoms with van der Waals surface area (Å²) >= 11 is 0. The smallest absolute Gasteiger partial charge is 0.276 e. The number of aromatic nitrogens is 4. The fourth-order valence-electron chi connectivity index (χ4n) is 3.97. The first-order chi connectivity index (χ1) is 14.1. The van der Waals surface area contributed by atoms with Crippen molar-refractivity contribution in [2.45, 2.75) is 13.8 Å². The number of anilines is 2. The monoisotopic (exact) mass is 389 g/mol. The average Bonchev–Trinajstić information content (AvgIpc) is 3.35. The summed E-state index contributed by atoms with van der Waals surface area (Å²) in [4.78, 5) is 23.0. The zero-order valence-corrected chi connectivity index (χ0v) is 16.5. The number of fused-ring (bicyclic) bond motifs is 2. The summed E-state index contributed by atoms with van der Waals surface area (Å²) in [6.45, 7) is 7.75. The minimum Gasteiger partial charge on any atom is -0.368 e. The molecule has 4 aromatic rings. The second kappa shape index (κ2) is 6.89. The van der Waals surface area contributed by atoms with Crippen molar-refractivity contribution >= 4 is 33.8 Å². The van der Waals surface area contributed by atoms with Gasteiger partial charge in [0.1, 0.15) is 5.69 Å². The van der Waals surface area contributed by atoms with E-state index in [0.717, 1.165) is 59.7 Å². The van der Waals surface area contributed by atoms with E-state index in [1.54, 1.807) is 10.6 Å². The predicted octanol–water partition coefficient (Wildman–Crippen LogP) is 2.49. The van der Waals surface area contributed by atoms with Crippen LogP contribution >= 0.6 is 0 Å². The lowest BCUT2D eigenvalue weighted by molar-refractivity contribution is 0.102. The molecule has 148 valence electrons. The van der Waals surface area contributed by atoms with Gasteiger partial charge in [0, 0.05) is 43.4 Å². The van der Waals surface area contributed by atoms with E-state index in [-0.39, 0.29) is 5.91 Å². The normalized spacial score (nSPS) is 14.6. The second-order valence-electron chi connectivity index (χ2n) is 7.45. The Kier molecular flexibility index (Phi) is 4.21. The lowest BCUT2D eigenvalue weighted by atomic mass is 10.1. The van der Waals surface area contributed by atoms with Crippen LogP contribution in [-0.2, 0) is 0 Å². The molecule has 0 saturated carbocycles. The molecule has 8 heteroatoms. The number of aromatic amines is 1. The second-order valence-corrected chi connectivity index (χ2v) is 7.45. The van der Waals surface area contributed by atoms with Gasteiger partial charge in [-0.3, -0.25) is 4.79 Å². The van der Waals surface area contributed by atoms with E-state index in [0.29, 0.717) is 5.69 Å². The highest BCUT2D eigenvalue weighted by Gasteiger charge is 2.18. The van der Waals surface area contributed by atoms with Crippen LogP contribution in [0.3, 0.4) is 0 Å². The van der Waals surface area contributed by atoms with Gasteiger partial charge in [-0.05, 0) is 43.7 Å². The van der Waals surface area contributed by atoms with Gasteiger partial charge in [-0.25, -0.2) is 9.50 Å². The summed E-state index contributed by atoms with van der Waals surface area (Å²) in [5.41, 5.74) is 5.77. The number of rotatable bonds is 3. The van der Waals surface area contributed by atoms with E-state index in [4.69, 9.17) is 0 Å². The number of amides is 1. The van der Waals surface area contributed by atoms with Gasteiger partial charge >= 0.3 is 0 Å². The highest BCUT2D eigenvalue weighted by Crippen LogP contribution is 2.32. The van der Waals surface area contributed by atoms with Gasteiger partial charge < -0.3 is 20.5 Å². The molecule has 3 N–H and O–H groups in total. The summed E-state index contributed by atoms with van der Waals surface area (Å²) in [6, 6.07) is 7.88. The van der Waals surface area contributed by atoms with E-state index in [1.807, 2.05) is 32.3 Å². The first-order valence-corrected chi connectivity index (χ1v) is 9.81. The third-order valence-corrected chi connectivity index (χ3v) is 5.37. The maximum atomic E-state index is 12.9. The summed E-state index contributed by atoms with van der Waals surface area (Å²) in [6.07, 6.45) is 3.74. The molecular weight excluding hydrogens is 366 g/mol. The Morgan fingerprint density at radius 2 is 2.00 bits per heavy atom. The number of benzene rings is 1. The van der Waals surface area contributed by atoms with Crippen molar-refractivity contribution in [3.8, 4) is 0 Å². The van der Waals surface area contributed by atoms with Crippen molar-refractivity contribution < 1.29 is 4.79 Å². The maximum absolute atomic E-state index is 12.9. The van der Waals surface area contributed by atoms with E-state index in [9.17, 15) is 4.79 Å². The fourth-order valence-corrected chi connectivity index (χ4v) is 3.97. The first-order valence-electron chi connectivity index (χ1n) is 9.81. The lowest BCUT2D eigenvalue weighted by Gasteiger charge is -2.30. The number of carbonyl (C=O) groups excluding carboxylic acids is 1. The molecule has 0 bridgehead atoms. The molecule has 0 aliphatic carbocycles. The molecule has 1 aliphatic rings. The number of hydrogen-bond donors (Lipinski definition) is 3. The fraction of sp³-hybridized carbons (Fsp3) is 0.286. The SMILES string of the molecule is Cc1cn2nc(C(=O)Nc3ccc(N4CCNCC4)c4cc[nH]c34)cc(C)c2n1. The van der Waals surface area contributed by atoms with Gasteiger partial charge in [0.05, 0.1) is 23.1 Å². The summed E-state index contributed by atoms with van der Waals surface area (Å²) in [5, 5.41) is 11.9. The number of nitrogens with one attached hydrogen (secondary N) is 3. The number of piperazine rings is 1. The van der Waals surface area contributed by atoms with Crippen molar-refractivity contribution in [2.24, 2.45) is 0 Å². The zero-order chi connectivity index (χ0) is 20.0. The third-order valence-electron chi connectivity index (χ3n) is 5.37. The molecule has 3 aromatic heterocycles. The number of carbonyl (C=O) groups is 1. The average molecular weight is 389 g/mol. The van der Waals surface area contributed by atoms with Gasteiger partial charge in [0.25, 0.3) is 5.91 Å². The van der Waals surface area contributed by atoms with Crippen molar-refractivity contribution in [1.82, 2.24) is 24.9 Å². The minimum absolute atomic E-state index is 0.243. The van der Waals surface area contributed by atoms with Gasteiger partial charge in [-0.15, -0.1) is 0 Å². The van der Waals surface area contributed by atoms with Crippen LogP contribution in [0.15, 0.2) is 36.7 Å².